The van der Waals surface area contributed by atoms with Gasteiger partial charge in [-0.15, -0.1) is 16.4 Å². The molecule has 0 aliphatic heterocycles. The Labute approximate surface area is 206 Å². The zero-order chi connectivity index (χ0) is 24.0. The number of hydrogen-bond acceptors (Lipinski definition) is 8. The van der Waals surface area contributed by atoms with Gasteiger partial charge in [0.05, 0.1) is 5.69 Å². The summed E-state index contributed by atoms with van der Waals surface area (Å²) < 4.78 is 1.51. The summed E-state index contributed by atoms with van der Waals surface area (Å²) in [5.74, 6) is 1.32. The Bertz CT molecular complexity index is 1360. The minimum absolute atomic E-state index is 0.136. The molecule has 5 rings (SSSR count). The van der Waals surface area contributed by atoms with E-state index in [1.165, 1.54) is 16.0 Å². The summed E-state index contributed by atoms with van der Waals surface area (Å²) in [6.07, 6.45) is 3.92. The van der Waals surface area contributed by atoms with Gasteiger partial charge in [0.15, 0.2) is 17.6 Å². The first-order valence-electron chi connectivity index (χ1n) is 11.2. The lowest BCUT2D eigenvalue weighted by Gasteiger charge is -2.07. The molecule has 176 valence electrons. The summed E-state index contributed by atoms with van der Waals surface area (Å²) in [6, 6.07) is 19.6. The van der Waals surface area contributed by atoms with Gasteiger partial charge in [0, 0.05) is 17.0 Å². The maximum Gasteiger partial charge on any atom is 0.250 e. The van der Waals surface area contributed by atoms with Crippen molar-refractivity contribution in [3.8, 4) is 0 Å². The quantitative estimate of drug-likeness (QED) is 0.173. The van der Waals surface area contributed by atoms with Crippen LogP contribution >= 0.6 is 11.3 Å². The Hall–Kier alpha value is -4.18. The number of carbonyl (C=O) groups is 1. The van der Waals surface area contributed by atoms with Crippen molar-refractivity contribution in [2.24, 2.45) is 11.1 Å². The van der Waals surface area contributed by atoms with Crippen LogP contribution < -0.4 is 5.32 Å². The summed E-state index contributed by atoms with van der Waals surface area (Å²) >= 11 is 1.34. The maximum absolute atomic E-state index is 12.7. The molecule has 0 bridgehead atoms. The number of allylic oxidation sites excluding steroid dienone is 1. The molecule has 10 heteroatoms. The zero-order valence-electron chi connectivity index (χ0n) is 19.0. The van der Waals surface area contributed by atoms with E-state index in [0.717, 1.165) is 29.5 Å². The highest BCUT2D eigenvalue weighted by Crippen LogP contribution is 2.41. The normalized spacial score (nSPS) is 14.1. The number of tetrazole rings is 1. The summed E-state index contributed by atoms with van der Waals surface area (Å²) in [4.78, 5) is 22.7. The molecule has 1 aliphatic rings. The molecule has 0 radical (unpaired) electrons. The van der Waals surface area contributed by atoms with Crippen LogP contribution in [0.3, 0.4) is 0 Å². The van der Waals surface area contributed by atoms with Gasteiger partial charge in [-0.3, -0.25) is 10.1 Å². The molecule has 1 saturated carbocycles. The number of anilines is 1. The molecule has 0 atom stereocenters. The molecule has 0 spiro atoms. The molecule has 1 amide bonds. The van der Waals surface area contributed by atoms with Gasteiger partial charge in [-0.2, -0.15) is 4.68 Å². The molecule has 35 heavy (non-hydrogen) atoms. The van der Waals surface area contributed by atoms with Crippen molar-refractivity contribution in [3.05, 3.63) is 94.8 Å². The van der Waals surface area contributed by atoms with E-state index in [4.69, 9.17) is 4.84 Å². The van der Waals surface area contributed by atoms with Crippen LogP contribution in [0.2, 0.25) is 0 Å². The van der Waals surface area contributed by atoms with E-state index in [1.807, 2.05) is 66.0 Å². The van der Waals surface area contributed by atoms with Crippen LogP contribution in [0.5, 0.6) is 0 Å². The van der Waals surface area contributed by atoms with Gasteiger partial charge in [-0.1, -0.05) is 65.8 Å². The number of rotatable bonds is 8. The van der Waals surface area contributed by atoms with Gasteiger partial charge >= 0.3 is 0 Å². The van der Waals surface area contributed by atoms with Crippen LogP contribution in [0.4, 0.5) is 5.13 Å². The number of amides is 1. The standard InChI is InChI=1S/C25H23N7O2S/c1-17-28-30-31-32(17)24(20-10-6-3-7-11-20)29-34-15-21-16-35-25(26-21)27-23(33)14-22(19-12-13-19)18-8-4-2-5-9-18/h2-11,14,16,19H,12-13,15H2,1H3,(H,26,27,33)/b22-14-,29-24+. The average Bonchev–Trinajstić information content (AvgIpc) is 3.49. The van der Waals surface area contributed by atoms with Crippen LogP contribution in [-0.2, 0) is 16.2 Å². The first kappa shape index (κ1) is 22.6. The number of hydrogen-bond donors (Lipinski definition) is 1. The van der Waals surface area contributed by atoms with E-state index in [2.05, 4.69) is 31.0 Å². The maximum atomic E-state index is 12.7. The van der Waals surface area contributed by atoms with Crippen molar-refractivity contribution < 1.29 is 9.63 Å². The fraction of sp³-hybridized carbons (Fsp3) is 0.200. The highest BCUT2D eigenvalue weighted by molar-refractivity contribution is 7.13. The molecule has 9 nitrogen and oxygen atoms in total. The van der Waals surface area contributed by atoms with Gasteiger partial charge < -0.3 is 4.84 Å². The monoisotopic (exact) mass is 485 g/mol. The molecule has 0 unspecified atom stereocenters. The molecule has 2 aromatic carbocycles. The summed E-state index contributed by atoms with van der Waals surface area (Å²) in [5, 5.41) is 21.1. The third kappa shape index (κ3) is 5.67. The molecular formula is C25H23N7O2S. The first-order valence-corrected chi connectivity index (χ1v) is 12.1. The number of aromatic nitrogens is 5. The second kappa shape index (κ2) is 10.4. The number of aryl methyl sites for hydroxylation is 1. The Balaban J connectivity index is 1.25. The molecular weight excluding hydrogens is 462 g/mol. The van der Waals surface area contributed by atoms with Gasteiger partial charge in [-0.05, 0) is 47.2 Å². The third-order valence-electron chi connectivity index (χ3n) is 5.41. The minimum Gasteiger partial charge on any atom is -0.387 e. The zero-order valence-corrected chi connectivity index (χ0v) is 19.9. The third-order valence-corrected chi connectivity index (χ3v) is 6.22. The van der Waals surface area contributed by atoms with E-state index in [1.54, 1.807) is 13.0 Å². The SMILES string of the molecule is Cc1nnnn1/C(=N/OCc1csc(NC(=O)/C=C(/c2ccccc2)C2CC2)n1)c1ccccc1. The van der Waals surface area contributed by atoms with E-state index in [9.17, 15) is 4.79 Å². The largest absolute Gasteiger partial charge is 0.387 e. The number of thiazole rings is 1. The van der Waals surface area contributed by atoms with Crippen LogP contribution in [0.15, 0.2) is 77.3 Å². The smallest absolute Gasteiger partial charge is 0.250 e. The fourth-order valence-electron chi connectivity index (χ4n) is 3.56. The molecule has 1 N–H and O–H groups in total. The van der Waals surface area contributed by atoms with E-state index in [-0.39, 0.29) is 12.5 Å². The highest BCUT2D eigenvalue weighted by atomic mass is 32.1. The minimum atomic E-state index is -0.184. The van der Waals surface area contributed by atoms with Gasteiger partial charge in [0.2, 0.25) is 11.7 Å². The molecule has 0 saturated heterocycles. The second-order valence-corrected chi connectivity index (χ2v) is 8.92. The summed E-state index contributed by atoms with van der Waals surface area (Å²) in [6.45, 7) is 1.92. The average molecular weight is 486 g/mol. The lowest BCUT2D eigenvalue weighted by atomic mass is 10.0. The predicted octanol–water partition coefficient (Wildman–Crippen LogP) is 4.30. The lowest BCUT2D eigenvalue weighted by molar-refractivity contribution is -0.111. The van der Waals surface area contributed by atoms with Crippen LogP contribution in [0, 0.1) is 12.8 Å². The van der Waals surface area contributed by atoms with Crippen molar-refractivity contribution in [1.82, 2.24) is 25.2 Å². The van der Waals surface area contributed by atoms with Crippen LogP contribution in [-0.4, -0.2) is 36.9 Å². The van der Waals surface area contributed by atoms with Gasteiger partial charge in [0.1, 0.15) is 0 Å². The highest BCUT2D eigenvalue weighted by Gasteiger charge is 2.27. The Morgan fingerprint density at radius 1 is 1.14 bits per heavy atom. The molecule has 1 fully saturated rings. The molecule has 4 aromatic rings. The van der Waals surface area contributed by atoms with E-state index >= 15 is 0 Å². The molecule has 1 aliphatic carbocycles. The summed E-state index contributed by atoms with van der Waals surface area (Å²) in [5.41, 5.74) is 3.63. The first-order chi connectivity index (χ1) is 17.2. The Morgan fingerprint density at radius 3 is 2.51 bits per heavy atom. The Morgan fingerprint density at radius 2 is 1.86 bits per heavy atom. The van der Waals surface area contributed by atoms with Crippen molar-refractivity contribution in [2.75, 3.05) is 5.32 Å². The fourth-order valence-corrected chi connectivity index (χ4v) is 4.26. The summed E-state index contributed by atoms with van der Waals surface area (Å²) in [7, 11) is 0. The van der Waals surface area contributed by atoms with Crippen molar-refractivity contribution >= 4 is 33.8 Å². The number of oxime groups is 1. The molecule has 2 heterocycles. The van der Waals surface area contributed by atoms with Gasteiger partial charge in [0.25, 0.3) is 0 Å². The van der Waals surface area contributed by atoms with Crippen molar-refractivity contribution in [2.45, 2.75) is 26.4 Å². The van der Waals surface area contributed by atoms with Gasteiger partial charge in [-0.25, -0.2) is 4.98 Å². The number of benzene rings is 2. The van der Waals surface area contributed by atoms with Crippen molar-refractivity contribution in [3.63, 3.8) is 0 Å². The number of nitrogens with one attached hydrogen (secondary N) is 1. The van der Waals surface area contributed by atoms with E-state index in [0.29, 0.717) is 28.4 Å². The van der Waals surface area contributed by atoms with Crippen LogP contribution in [0.25, 0.3) is 5.57 Å². The second-order valence-electron chi connectivity index (χ2n) is 8.07. The number of nitrogens with zero attached hydrogens (tertiary/aromatic N) is 6. The Kier molecular flexibility index (Phi) is 6.71. The lowest BCUT2D eigenvalue weighted by Crippen LogP contribution is -2.17. The molecule has 2 aromatic heterocycles. The van der Waals surface area contributed by atoms with Crippen LogP contribution in [0.1, 0.15) is 35.5 Å². The van der Waals surface area contributed by atoms with Crippen molar-refractivity contribution in [1.29, 1.82) is 0 Å². The topological polar surface area (TPSA) is 107 Å². The number of carbonyl (C=O) groups excluding carboxylic acids is 1. The van der Waals surface area contributed by atoms with E-state index < -0.39 is 0 Å². The predicted molar refractivity (Wildman–Crippen MR) is 134 cm³/mol.